The van der Waals surface area contributed by atoms with E-state index in [4.69, 9.17) is 0 Å². The highest BCUT2D eigenvalue weighted by atomic mass is 32.1. The van der Waals surface area contributed by atoms with Gasteiger partial charge in [0.1, 0.15) is 6.54 Å². The largest absolute Gasteiger partial charge is 0.332 e. The molecule has 0 fully saturated rings. The van der Waals surface area contributed by atoms with Crippen LogP contribution in [0.4, 0.5) is 10.5 Å². The maximum Gasteiger partial charge on any atom is 0.322 e. The van der Waals surface area contributed by atoms with Crippen LogP contribution in [0.25, 0.3) is 0 Å². The second kappa shape index (κ2) is 12.4. The summed E-state index contributed by atoms with van der Waals surface area (Å²) in [5.74, 6) is 0.178. The average Bonchev–Trinajstić information content (AvgIpc) is 3.23. The van der Waals surface area contributed by atoms with Crippen molar-refractivity contribution in [1.29, 1.82) is 0 Å². The zero-order valence-corrected chi connectivity index (χ0v) is 21.4. The molecule has 5 nitrogen and oxygen atoms in total. The molecule has 0 saturated carbocycles. The zero-order chi connectivity index (χ0) is 24.5. The van der Waals surface area contributed by atoms with Crippen LogP contribution in [0, 0.1) is 12.8 Å². The molecule has 0 bridgehead atoms. The van der Waals surface area contributed by atoms with Crippen molar-refractivity contribution in [1.82, 2.24) is 9.80 Å². The minimum atomic E-state index is -0.241. The van der Waals surface area contributed by atoms with E-state index in [1.165, 1.54) is 4.88 Å². The lowest BCUT2D eigenvalue weighted by Gasteiger charge is -2.29. The van der Waals surface area contributed by atoms with Crippen LogP contribution >= 0.6 is 11.3 Å². The Morgan fingerprint density at radius 3 is 2.26 bits per heavy atom. The molecular weight excluding hydrogens is 442 g/mol. The number of urea groups is 1. The van der Waals surface area contributed by atoms with E-state index < -0.39 is 0 Å². The third-order valence-corrected chi connectivity index (χ3v) is 6.54. The number of anilines is 1. The summed E-state index contributed by atoms with van der Waals surface area (Å²) in [6.07, 6.45) is 0.824. The number of carbonyl (C=O) groups is 2. The van der Waals surface area contributed by atoms with Crippen molar-refractivity contribution in [3.63, 3.8) is 0 Å². The highest BCUT2D eigenvalue weighted by Gasteiger charge is 2.23. The van der Waals surface area contributed by atoms with E-state index in [9.17, 15) is 9.59 Å². The van der Waals surface area contributed by atoms with E-state index in [1.807, 2.05) is 59.5 Å². The minimum Gasteiger partial charge on any atom is -0.332 e. The first kappa shape index (κ1) is 25.5. The summed E-state index contributed by atoms with van der Waals surface area (Å²) < 4.78 is 0. The molecule has 0 spiro atoms. The topological polar surface area (TPSA) is 52.7 Å². The van der Waals surface area contributed by atoms with E-state index in [2.05, 4.69) is 45.1 Å². The van der Waals surface area contributed by atoms with Gasteiger partial charge in [0.25, 0.3) is 0 Å². The molecule has 0 unspecified atom stereocenters. The van der Waals surface area contributed by atoms with Gasteiger partial charge in [0.15, 0.2) is 0 Å². The van der Waals surface area contributed by atoms with Gasteiger partial charge in [-0.15, -0.1) is 11.3 Å². The lowest BCUT2D eigenvalue weighted by molar-refractivity contribution is -0.133. The number of nitrogens with one attached hydrogen (secondary N) is 1. The standard InChI is InChI=1S/C28H35N3O2S/c1-5-24-13-9-10-14-26(24)29-28(33)31(17-21(2)3)20-27(32)30(18-23-11-7-6-8-12-23)19-25-16-15-22(4)34-25/h6-16,21H,5,17-20H2,1-4H3,(H,29,33). The number of hydrogen-bond acceptors (Lipinski definition) is 3. The summed E-state index contributed by atoms with van der Waals surface area (Å²) >= 11 is 1.70. The molecule has 6 heteroatoms. The fourth-order valence-electron chi connectivity index (χ4n) is 3.86. The van der Waals surface area contributed by atoms with Gasteiger partial charge in [-0.2, -0.15) is 0 Å². The molecule has 3 amide bonds. The van der Waals surface area contributed by atoms with Crippen molar-refractivity contribution in [3.05, 3.63) is 87.6 Å². The summed E-state index contributed by atoms with van der Waals surface area (Å²) in [6.45, 7) is 9.82. The number of rotatable bonds is 10. The van der Waals surface area contributed by atoms with Crippen molar-refractivity contribution in [2.45, 2.75) is 47.2 Å². The summed E-state index contributed by atoms with van der Waals surface area (Å²) in [4.78, 5) is 32.6. The fourth-order valence-corrected chi connectivity index (χ4v) is 4.77. The number of amides is 3. The molecule has 34 heavy (non-hydrogen) atoms. The number of nitrogens with zero attached hydrogens (tertiary/aromatic N) is 2. The number of thiophene rings is 1. The Morgan fingerprint density at radius 2 is 1.62 bits per heavy atom. The summed E-state index contributed by atoms with van der Waals surface area (Å²) in [7, 11) is 0. The number of carbonyl (C=O) groups excluding carboxylic acids is 2. The Morgan fingerprint density at radius 1 is 0.912 bits per heavy atom. The van der Waals surface area contributed by atoms with Crippen molar-refractivity contribution in [2.24, 2.45) is 5.92 Å². The van der Waals surface area contributed by atoms with E-state index in [-0.39, 0.29) is 24.4 Å². The van der Waals surface area contributed by atoms with Gasteiger partial charge >= 0.3 is 6.03 Å². The van der Waals surface area contributed by atoms with Crippen LogP contribution in [0.15, 0.2) is 66.7 Å². The second-order valence-electron chi connectivity index (χ2n) is 8.96. The van der Waals surface area contributed by atoms with Crippen LogP contribution in [-0.4, -0.2) is 34.8 Å². The molecule has 180 valence electrons. The van der Waals surface area contributed by atoms with E-state index in [0.717, 1.165) is 28.1 Å². The molecular formula is C28H35N3O2S. The quantitative estimate of drug-likeness (QED) is 0.370. The van der Waals surface area contributed by atoms with Gasteiger partial charge in [0, 0.05) is 28.5 Å². The summed E-state index contributed by atoms with van der Waals surface area (Å²) in [6, 6.07) is 21.7. The SMILES string of the molecule is CCc1ccccc1NC(=O)N(CC(=O)N(Cc1ccccc1)Cc1ccc(C)s1)CC(C)C. The average molecular weight is 478 g/mol. The van der Waals surface area contributed by atoms with E-state index >= 15 is 0 Å². The van der Waals surface area contributed by atoms with Gasteiger partial charge in [-0.05, 0) is 48.6 Å². The van der Waals surface area contributed by atoms with Gasteiger partial charge in [0.2, 0.25) is 5.91 Å². The van der Waals surface area contributed by atoms with Crippen molar-refractivity contribution in [2.75, 3.05) is 18.4 Å². The predicted molar refractivity (Wildman–Crippen MR) is 141 cm³/mol. The molecule has 1 N–H and O–H groups in total. The molecule has 1 aromatic heterocycles. The molecule has 0 saturated heterocycles. The number of benzene rings is 2. The molecule has 0 aliphatic carbocycles. The molecule has 3 aromatic rings. The number of para-hydroxylation sites is 1. The predicted octanol–water partition coefficient (Wildman–Crippen LogP) is 6.34. The third-order valence-electron chi connectivity index (χ3n) is 5.55. The molecule has 0 radical (unpaired) electrons. The van der Waals surface area contributed by atoms with Crippen molar-refractivity contribution >= 4 is 29.0 Å². The molecule has 0 aliphatic heterocycles. The fraction of sp³-hybridized carbons (Fsp3) is 0.357. The van der Waals surface area contributed by atoms with Crippen LogP contribution in [0.2, 0.25) is 0 Å². The summed E-state index contributed by atoms with van der Waals surface area (Å²) in [5.41, 5.74) is 2.94. The van der Waals surface area contributed by atoms with Gasteiger partial charge in [0.05, 0.1) is 6.54 Å². The lowest BCUT2D eigenvalue weighted by Crippen LogP contribution is -2.45. The van der Waals surface area contributed by atoms with Crippen LogP contribution in [0.1, 0.15) is 41.7 Å². The van der Waals surface area contributed by atoms with Crippen molar-refractivity contribution < 1.29 is 9.59 Å². The molecule has 1 heterocycles. The summed E-state index contributed by atoms with van der Waals surface area (Å²) in [5, 5.41) is 3.03. The van der Waals surface area contributed by atoms with Gasteiger partial charge in [-0.3, -0.25) is 4.79 Å². The van der Waals surface area contributed by atoms with Gasteiger partial charge in [-0.25, -0.2) is 4.79 Å². The Balaban J connectivity index is 1.78. The Hall–Kier alpha value is -3.12. The number of hydrogen-bond donors (Lipinski definition) is 1. The minimum absolute atomic E-state index is 0.0372. The van der Waals surface area contributed by atoms with Crippen LogP contribution < -0.4 is 5.32 Å². The Labute approximate surface area is 207 Å². The van der Waals surface area contributed by atoms with E-state index in [0.29, 0.717) is 19.6 Å². The highest BCUT2D eigenvalue weighted by molar-refractivity contribution is 7.11. The first-order valence-corrected chi connectivity index (χ1v) is 12.7. The normalized spacial score (nSPS) is 10.9. The van der Waals surface area contributed by atoms with Crippen LogP contribution in [0.3, 0.4) is 0 Å². The molecule has 3 rings (SSSR count). The van der Waals surface area contributed by atoms with Crippen LogP contribution in [0.5, 0.6) is 0 Å². The third kappa shape index (κ3) is 7.45. The first-order valence-electron chi connectivity index (χ1n) is 11.9. The Kier molecular flexibility index (Phi) is 9.28. The van der Waals surface area contributed by atoms with Gasteiger partial charge in [-0.1, -0.05) is 69.3 Å². The molecule has 0 atom stereocenters. The second-order valence-corrected chi connectivity index (χ2v) is 10.3. The first-order chi connectivity index (χ1) is 16.4. The van der Waals surface area contributed by atoms with E-state index in [1.54, 1.807) is 16.2 Å². The maximum atomic E-state index is 13.5. The zero-order valence-electron chi connectivity index (χ0n) is 20.6. The molecule has 2 aromatic carbocycles. The monoisotopic (exact) mass is 477 g/mol. The van der Waals surface area contributed by atoms with Crippen molar-refractivity contribution in [3.8, 4) is 0 Å². The Bertz CT molecular complexity index is 1080. The molecule has 0 aliphatic rings. The smallest absolute Gasteiger partial charge is 0.322 e. The number of aryl methyl sites for hydroxylation is 2. The van der Waals surface area contributed by atoms with Crippen LogP contribution in [-0.2, 0) is 24.3 Å². The maximum absolute atomic E-state index is 13.5. The van der Waals surface area contributed by atoms with Gasteiger partial charge < -0.3 is 15.1 Å². The lowest BCUT2D eigenvalue weighted by atomic mass is 10.1. The highest BCUT2D eigenvalue weighted by Crippen LogP contribution is 2.20.